The molecule has 0 atom stereocenters. The standard InChI is InChI=1S/C11H7BrFNO3S/c12-7-4-8(18-6-7)5-17-11-9(13)2-1-3-10(11)14(15)16/h1-4,6H,5H2. The number of thiophene rings is 1. The van der Waals surface area contributed by atoms with Gasteiger partial charge in [-0.25, -0.2) is 4.39 Å². The van der Waals surface area contributed by atoms with Crippen LogP contribution in [0.1, 0.15) is 4.88 Å². The van der Waals surface area contributed by atoms with E-state index in [1.807, 2.05) is 11.4 Å². The van der Waals surface area contributed by atoms with E-state index in [1.54, 1.807) is 0 Å². The number of nitro benzene ring substituents is 1. The third-order valence-corrected chi connectivity index (χ3v) is 3.79. The van der Waals surface area contributed by atoms with Gasteiger partial charge in [-0.05, 0) is 28.1 Å². The van der Waals surface area contributed by atoms with E-state index in [-0.39, 0.29) is 18.0 Å². The van der Waals surface area contributed by atoms with E-state index in [1.165, 1.54) is 23.5 Å². The van der Waals surface area contributed by atoms with Gasteiger partial charge in [0, 0.05) is 20.8 Å². The number of ether oxygens (including phenoxy) is 1. The molecule has 0 spiro atoms. The van der Waals surface area contributed by atoms with Crippen LogP contribution in [0.4, 0.5) is 10.1 Å². The topological polar surface area (TPSA) is 52.4 Å². The summed E-state index contributed by atoms with van der Waals surface area (Å²) in [6, 6.07) is 5.44. The third-order valence-electron chi connectivity index (χ3n) is 2.12. The Kier molecular flexibility index (Phi) is 3.93. The zero-order valence-corrected chi connectivity index (χ0v) is 11.3. The fourth-order valence-electron chi connectivity index (χ4n) is 1.36. The van der Waals surface area contributed by atoms with Crippen molar-refractivity contribution in [1.29, 1.82) is 0 Å². The van der Waals surface area contributed by atoms with Gasteiger partial charge in [-0.15, -0.1) is 11.3 Å². The normalized spacial score (nSPS) is 10.3. The predicted molar refractivity (Wildman–Crippen MR) is 69.4 cm³/mol. The first-order valence-corrected chi connectivity index (χ1v) is 6.54. The van der Waals surface area contributed by atoms with Gasteiger partial charge in [-0.1, -0.05) is 6.07 Å². The zero-order chi connectivity index (χ0) is 13.1. The van der Waals surface area contributed by atoms with Crippen LogP contribution in [0.5, 0.6) is 5.75 Å². The largest absolute Gasteiger partial charge is 0.479 e. The highest BCUT2D eigenvalue weighted by molar-refractivity contribution is 9.10. The summed E-state index contributed by atoms with van der Waals surface area (Å²) in [6.45, 7) is 0.0953. The van der Waals surface area contributed by atoms with E-state index in [9.17, 15) is 14.5 Å². The molecule has 2 aromatic rings. The van der Waals surface area contributed by atoms with Crippen molar-refractivity contribution in [3.63, 3.8) is 0 Å². The van der Waals surface area contributed by atoms with E-state index in [0.29, 0.717) is 0 Å². The fourth-order valence-corrected chi connectivity index (χ4v) is 2.72. The van der Waals surface area contributed by atoms with Gasteiger partial charge in [0.2, 0.25) is 5.75 Å². The first kappa shape index (κ1) is 13.0. The van der Waals surface area contributed by atoms with Gasteiger partial charge in [-0.3, -0.25) is 10.1 Å². The lowest BCUT2D eigenvalue weighted by Gasteiger charge is -2.06. The molecule has 0 saturated carbocycles. The van der Waals surface area contributed by atoms with E-state index < -0.39 is 10.7 Å². The molecule has 0 radical (unpaired) electrons. The number of rotatable bonds is 4. The van der Waals surface area contributed by atoms with Crippen molar-refractivity contribution in [3.8, 4) is 5.75 Å². The van der Waals surface area contributed by atoms with Crippen LogP contribution < -0.4 is 4.74 Å². The van der Waals surface area contributed by atoms with Crippen LogP contribution in [-0.4, -0.2) is 4.92 Å². The van der Waals surface area contributed by atoms with Crippen molar-refractivity contribution in [2.24, 2.45) is 0 Å². The monoisotopic (exact) mass is 331 g/mol. The van der Waals surface area contributed by atoms with Crippen molar-refractivity contribution >= 4 is 33.0 Å². The van der Waals surface area contributed by atoms with Crippen LogP contribution in [0.15, 0.2) is 34.1 Å². The van der Waals surface area contributed by atoms with Crippen LogP contribution in [-0.2, 0) is 6.61 Å². The molecule has 18 heavy (non-hydrogen) atoms. The highest BCUT2D eigenvalue weighted by Crippen LogP contribution is 2.31. The molecule has 0 fully saturated rings. The van der Waals surface area contributed by atoms with E-state index in [2.05, 4.69) is 15.9 Å². The average molecular weight is 332 g/mol. The number of hydrogen-bond acceptors (Lipinski definition) is 4. The third kappa shape index (κ3) is 2.85. The molecule has 1 aromatic heterocycles. The smallest absolute Gasteiger partial charge is 0.314 e. The van der Waals surface area contributed by atoms with Crippen LogP contribution in [0.2, 0.25) is 0 Å². The number of para-hydroxylation sites is 1. The first-order chi connectivity index (χ1) is 8.58. The average Bonchev–Trinajstić information content (AvgIpc) is 2.73. The van der Waals surface area contributed by atoms with E-state index in [4.69, 9.17) is 4.74 Å². The molecular formula is C11H7BrFNO3S. The van der Waals surface area contributed by atoms with Crippen LogP contribution in [0.3, 0.4) is 0 Å². The number of benzene rings is 1. The van der Waals surface area contributed by atoms with Gasteiger partial charge in [0.05, 0.1) is 4.92 Å². The predicted octanol–water partition coefficient (Wildman–Crippen LogP) is 4.14. The molecule has 7 heteroatoms. The summed E-state index contributed by atoms with van der Waals surface area (Å²) >= 11 is 4.71. The lowest BCUT2D eigenvalue weighted by molar-refractivity contribution is -0.386. The summed E-state index contributed by atoms with van der Waals surface area (Å²) in [5, 5.41) is 12.6. The van der Waals surface area contributed by atoms with Crippen molar-refractivity contribution in [3.05, 3.63) is 54.9 Å². The molecule has 0 aliphatic rings. The second-order valence-electron chi connectivity index (χ2n) is 3.37. The number of halogens is 2. The van der Waals surface area contributed by atoms with Crippen LogP contribution >= 0.6 is 27.3 Å². The lowest BCUT2D eigenvalue weighted by atomic mass is 10.3. The molecule has 0 saturated heterocycles. The van der Waals surface area contributed by atoms with Gasteiger partial charge < -0.3 is 4.74 Å². The molecule has 2 rings (SSSR count). The van der Waals surface area contributed by atoms with E-state index >= 15 is 0 Å². The highest BCUT2D eigenvalue weighted by atomic mass is 79.9. The van der Waals surface area contributed by atoms with Crippen molar-refractivity contribution in [1.82, 2.24) is 0 Å². The molecule has 1 heterocycles. The molecule has 0 N–H and O–H groups in total. The Balaban J connectivity index is 2.20. The minimum absolute atomic E-state index is 0.0953. The van der Waals surface area contributed by atoms with Crippen LogP contribution in [0, 0.1) is 15.9 Å². The molecule has 0 unspecified atom stereocenters. The Labute approximate surface area is 114 Å². The van der Waals surface area contributed by atoms with E-state index in [0.717, 1.165) is 15.4 Å². The molecular weight excluding hydrogens is 325 g/mol. The maximum Gasteiger partial charge on any atom is 0.314 e. The van der Waals surface area contributed by atoms with Gasteiger partial charge in [0.1, 0.15) is 6.61 Å². The SMILES string of the molecule is O=[N+]([O-])c1cccc(F)c1OCc1cc(Br)cs1. The van der Waals surface area contributed by atoms with Crippen molar-refractivity contribution in [2.45, 2.75) is 6.61 Å². The number of hydrogen-bond donors (Lipinski definition) is 0. The Morgan fingerprint density at radius 3 is 2.89 bits per heavy atom. The van der Waals surface area contributed by atoms with Gasteiger partial charge in [-0.2, -0.15) is 0 Å². The maximum atomic E-state index is 13.5. The second kappa shape index (κ2) is 5.45. The highest BCUT2D eigenvalue weighted by Gasteiger charge is 2.19. The second-order valence-corrected chi connectivity index (χ2v) is 5.28. The minimum Gasteiger partial charge on any atom is -0.479 e. The van der Waals surface area contributed by atoms with Gasteiger partial charge in [0.15, 0.2) is 5.82 Å². The summed E-state index contributed by atoms with van der Waals surface area (Å²) in [7, 11) is 0. The number of nitrogens with zero attached hydrogens (tertiary/aromatic N) is 1. The molecule has 94 valence electrons. The first-order valence-electron chi connectivity index (χ1n) is 4.86. The Bertz CT molecular complexity index is 587. The summed E-state index contributed by atoms with van der Waals surface area (Å²) in [4.78, 5) is 10.9. The van der Waals surface area contributed by atoms with Gasteiger partial charge >= 0.3 is 5.69 Å². The maximum absolute atomic E-state index is 13.5. The Morgan fingerprint density at radius 1 is 1.50 bits per heavy atom. The zero-order valence-electron chi connectivity index (χ0n) is 8.93. The summed E-state index contributed by atoms with van der Waals surface area (Å²) in [6.07, 6.45) is 0. The van der Waals surface area contributed by atoms with Gasteiger partial charge in [0.25, 0.3) is 0 Å². The number of nitro groups is 1. The minimum atomic E-state index is -0.736. The molecule has 0 aliphatic heterocycles. The molecule has 0 aliphatic carbocycles. The molecule has 1 aromatic carbocycles. The fraction of sp³-hybridized carbons (Fsp3) is 0.0909. The summed E-state index contributed by atoms with van der Waals surface area (Å²) in [5.74, 6) is -1.06. The van der Waals surface area contributed by atoms with Crippen LogP contribution in [0.25, 0.3) is 0 Å². The molecule has 4 nitrogen and oxygen atoms in total. The molecule has 0 amide bonds. The summed E-state index contributed by atoms with van der Waals surface area (Å²) < 4.78 is 19.6. The summed E-state index contributed by atoms with van der Waals surface area (Å²) in [5.41, 5.74) is -0.370. The Hall–Kier alpha value is -1.47. The van der Waals surface area contributed by atoms with Crippen molar-refractivity contribution in [2.75, 3.05) is 0 Å². The Morgan fingerprint density at radius 2 is 2.28 bits per heavy atom. The quantitative estimate of drug-likeness (QED) is 0.625. The lowest BCUT2D eigenvalue weighted by Crippen LogP contribution is -2.00. The molecule has 0 bridgehead atoms. The van der Waals surface area contributed by atoms with Crippen molar-refractivity contribution < 1.29 is 14.1 Å².